The number of pyridine rings is 1. The third-order valence-corrected chi connectivity index (χ3v) is 1.31. The fourth-order valence-corrected chi connectivity index (χ4v) is 0.800. The predicted octanol–water partition coefficient (Wildman–Crippen LogP) is 0.234. The summed E-state index contributed by atoms with van der Waals surface area (Å²) in [6, 6.07) is 1.69. The van der Waals surface area contributed by atoms with Crippen LogP contribution < -0.4 is 5.73 Å². The molecule has 0 amide bonds. The first-order chi connectivity index (χ1) is 5.66. The third kappa shape index (κ3) is 1.18. The molecule has 0 saturated heterocycles. The summed E-state index contributed by atoms with van der Waals surface area (Å²) in [5, 5.41) is 17.1. The number of carboxylic acids is 1. The van der Waals surface area contributed by atoms with Gasteiger partial charge in [0.2, 0.25) is 0 Å². The van der Waals surface area contributed by atoms with E-state index in [0.29, 0.717) is 0 Å². The van der Waals surface area contributed by atoms with Crippen LogP contribution in [0.25, 0.3) is 0 Å². The zero-order chi connectivity index (χ0) is 9.14. The van der Waals surface area contributed by atoms with Crippen LogP contribution in [0, 0.1) is 11.3 Å². The Hall–Kier alpha value is -2.09. The van der Waals surface area contributed by atoms with E-state index in [2.05, 4.69) is 4.98 Å². The van der Waals surface area contributed by atoms with Crippen molar-refractivity contribution in [3.63, 3.8) is 0 Å². The number of nitrogens with zero attached hydrogens (tertiary/aromatic N) is 2. The van der Waals surface area contributed by atoms with Gasteiger partial charge in [0.1, 0.15) is 11.6 Å². The number of aromatic nitrogens is 1. The van der Waals surface area contributed by atoms with Crippen molar-refractivity contribution in [2.24, 2.45) is 0 Å². The van der Waals surface area contributed by atoms with Gasteiger partial charge in [0.05, 0.1) is 17.4 Å². The van der Waals surface area contributed by atoms with Crippen molar-refractivity contribution in [3.05, 3.63) is 23.5 Å². The lowest BCUT2D eigenvalue weighted by Gasteiger charge is -1.99. The quantitative estimate of drug-likeness (QED) is 0.617. The molecule has 0 aliphatic carbocycles. The van der Waals surface area contributed by atoms with Crippen molar-refractivity contribution in [1.29, 1.82) is 5.26 Å². The molecule has 0 aromatic carbocycles. The zero-order valence-electron chi connectivity index (χ0n) is 5.98. The molecule has 1 aromatic heterocycles. The lowest BCUT2D eigenvalue weighted by Crippen LogP contribution is -2.05. The van der Waals surface area contributed by atoms with Gasteiger partial charge in [-0.3, -0.25) is 4.98 Å². The van der Waals surface area contributed by atoms with E-state index < -0.39 is 5.97 Å². The molecule has 3 N–H and O–H groups in total. The lowest BCUT2D eigenvalue weighted by molar-refractivity contribution is 0.0697. The van der Waals surface area contributed by atoms with E-state index in [-0.39, 0.29) is 16.8 Å². The van der Waals surface area contributed by atoms with Crippen molar-refractivity contribution < 1.29 is 9.90 Å². The smallest absolute Gasteiger partial charge is 0.339 e. The minimum Gasteiger partial charge on any atom is -0.478 e. The summed E-state index contributed by atoms with van der Waals surface area (Å²) in [5.41, 5.74) is 5.09. The SMILES string of the molecule is N#Cc1cncc(N)c1C(=O)O. The van der Waals surface area contributed by atoms with Gasteiger partial charge in [0.15, 0.2) is 0 Å². The van der Waals surface area contributed by atoms with Crippen molar-refractivity contribution in [2.75, 3.05) is 5.73 Å². The molecular formula is C7H5N3O2. The van der Waals surface area contributed by atoms with Crippen molar-refractivity contribution in [2.45, 2.75) is 0 Å². The number of nitriles is 1. The van der Waals surface area contributed by atoms with Crippen LogP contribution >= 0.6 is 0 Å². The molecule has 0 bridgehead atoms. The first kappa shape index (κ1) is 8.01. The minimum absolute atomic E-state index is 0.00144. The molecule has 1 rings (SSSR count). The van der Waals surface area contributed by atoms with Crippen molar-refractivity contribution >= 4 is 11.7 Å². The summed E-state index contributed by atoms with van der Waals surface area (Å²) in [5.74, 6) is -1.22. The molecule has 0 fully saturated rings. The van der Waals surface area contributed by atoms with Crippen LogP contribution in [0.15, 0.2) is 12.4 Å². The van der Waals surface area contributed by atoms with E-state index >= 15 is 0 Å². The Morgan fingerprint density at radius 1 is 1.67 bits per heavy atom. The van der Waals surface area contributed by atoms with Gasteiger partial charge in [0.25, 0.3) is 0 Å². The van der Waals surface area contributed by atoms with Crippen LogP contribution in [-0.4, -0.2) is 16.1 Å². The van der Waals surface area contributed by atoms with Crippen LogP contribution in [0.3, 0.4) is 0 Å². The molecule has 0 atom stereocenters. The first-order valence-corrected chi connectivity index (χ1v) is 3.03. The fourth-order valence-electron chi connectivity index (χ4n) is 0.800. The summed E-state index contributed by atoms with van der Waals surface area (Å²) in [7, 11) is 0. The van der Waals surface area contributed by atoms with E-state index in [1.165, 1.54) is 12.4 Å². The van der Waals surface area contributed by atoms with Gasteiger partial charge >= 0.3 is 5.97 Å². The number of aromatic carboxylic acids is 1. The van der Waals surface area contributed by atoms with Crippen molar-refractivity contribution in [3.8, 4) is 6.07 Å². The Balaban J connectivity index is 3.42. The van der Waals surface area contributed by atoms with Gasteiger partial charge in [-0.15, -0.1) is 0 Å². The molecule has 5 heteroatoms. The van der Waals surface area contributed by atoms with Gasteiger partial charge in [-0.2, -0.15) is 5.26 Å². The van der Waals surface area contributed by atoms with Crippen LogP contribution in [0.2, 0.25) is 0 Å². The number of nitrogens with two attached hydrogens (primary N) is 1. The summed E-state index contributed by atoms with van der Waals surface area (Å²) in [6.45, 7) is 0. The normalized spacial score (nSPS) is 8.92. The van der Waals surface area contributed by atoms with Gasteiger partial charge in [-0.1, -0.05) is 0 Å². The largest absolute Gasteiger partial charge is 0.478 e. The van der Waals surface area contributed by atoms with Crippen molar-refractivity contribution in [1.82, 2.24) is 4.98 Å². The molecule has 12 heavy (non-hydrogen) atoms. The topological polar surface area (TPSA) is 100 Å². The highest BCUT2D eigenvalue weighted by molar-refractivity contribution is 5.95. The average molecular weight is 163 g/mol. The zero-order valence-corrected chi connectivity index (χ0v) is 5.98. The maximum absolute atomic E-state index is 10.5. The summed E-state index contributed by atoms with van der Waals surface area (Å²) in [4.78, 5) is 14.1. The second-order valence-corrected chi connectivity index (χ2v) is 2.07. The number of rotatable bonds is 1. The summed E-state index contributed by atoms with van der Waals surface area (Å²) >= 11 is 0. The highest BCUT2D eigenvalue weighted by Crippen LogP contribution is 2.13. The number of hydrogen-bond donors (Lipinski definition) is 2. The molecule has 0 radical (unpaired) electrons. The fraction of sp³-hybridized carbons (Fsp3) is 0. The van der Waals surface area contributed by atoms with Crippen LogP contribution in [0.1, 0.15) is 15.9 Å². The highest BCUT2D eigenvalue weighted by Gasteiger charge is 2.13. The van der Waals surface area contributed by atoms with Gasteiger partial charge in [0, 0.05) is 6.20 Å². The molecule has 0 unspecified atom stereocenters. The highest BCUT2D eigenvalue weighted by atomic mass is 16.4. The van der Waals surface area contributed by atoms with Gasteiger partial charge in [-0.05, 0) is 0 Å². The number of anilines is 1. The Labute approximate surface area is 68.1 Å². The Morgan fingerprint density at radius 2 is 2.33 bits per heavy atom. The molecule has 1 aromatic rings. The van der Waals surface area contributed by atoms with E-state index in [9.17, 15) is 4.79 Å². The number of hydrogen-bond acceptors (Lipinski definition) is 4. The van der Waals surface area contributed by atoms with E-state index in [1.54, 1.807) is 6.07 Å². The van der Waals surface area contributed by atoms with Gasteiger partial charge < -0.3 is 10.8 Å². The Bertz CT molecular complexity index is 367. The monoisotopic (exact) mass is 163 g/mol. The predicted molar refractivity (Wildman–Crippen MR) is 40.3 cm³/mol. The van der Waals surface area contributed by atoms with E-state index in [0.717, 1.165) is 0 Å². The molecule has 0 aliphatic heterocycles. The Kier molecular flexibility index (Phi) is 1.92. The lowest BCUT2D eigenvalue weighted by atomic mass is 10.1. The maximum atomic E-state index is 10.5. The Morgan fingerprint density at radius 3 is 2.75 bits per heavy atom. The minimum atomic E-state index is -1.22. The van der Waals surface area contributed by atoms with Crippen LogP contribution in [0.4, 0.5) is 5.69 Å². The second kappa shape index (κ2) is 2.88. The van der Waals surface area contributed by atoms with Crippen LogP contribution in [-0.2, 0) is 0 Å². The number of carboxylic acid groups (broad SMARTS) is 1. The molecule has 0 aliphatic rings. The van der Waals surface area contributed by atoms with Gasteiger partial charge in [-0.25, -0.2) is 4.79 Å². The van der Waals surface area contributed by atoms with Crippen LogP contribution in [0.5, 0.6) is 0 Å². The molecule has 60 valence electrons. The molecule has 5 nitrogen and oxygen atoms in total. The number of carbonyl (C=O) groups is 1. The van der Waals surface area contributed by atoms with E-state index in [1.807, 2.05) is 0 Å². The first-order valence-electron chi connectivity index (χ1n) is 3.03. The standard InChI is InChI=1S/C7H5N3O2/c8-1-4-2-10-3-5(9)6(4)7(11)12/h2-3H,9H2,(H,11,12). The summed E-state index contributed by atoms with van der Waals surface area (Å²) < 4.78 is 0. The van der Waals surface area contributed by atoms with E-state index in [4.69, 9.17) is 16.1 Å². The molecule has 1 heterocycles. The molecular weight excluding hydrogens is 158 g/mol. The maximum Gasteiger partial charge on any atom is 0.339 e. The molecule has 0 spiro atoms. The summed E-state index contributed by atoms with van der Waals surface area (Å²) in [6.07, 6.45) is 2.37. The third-order valence-electron chi connectivity index (χ3n) is 1.31. The number of nitrogen functional groups attached to an aromatic ring is 1. The molecule has 0 saturated carbocycles. The second-order valence-electron chi connectivity index (χ2n) is 2.07. The average Bonchev–Trinajstić information content (AvgIpc) is 2.03.